The molecular formula is C19H20N4O2. The van der Waals surface area contributed by atoms with Crippen LogP contribution in [0.3, 0.4) is 0 Å². The van der Waals surface area contributed by atoms with Crippen molar-refractivity contribution in [3.63, 3.8) is 0 Å². The summed E-state index contributed by atoms with van der Waals surface area (Å²) in [5, 5.41) is 3.00. The van der Waals surface area contributed by atoms with Crippen LogP contribution in [0.25, 0.3) is 11.2 Å². The van der Waals surface area contributed by atoms with Crippen molar-refractivity contribution in [2.45, 2.75) is 25.9 Å². The van der Waals surface area contributed by atoms with E-state index in [1.54, 1.807) is 13.3 Å². The molecule has 0 unspecified atom stereocenters. The maximum absolute atomic E-state index is 12.0. The SMILES string of the molecule is COc1cccc(Cn2c(CNC(=O)C3CC3)nc3cccnc32)c1. The number of benzene rings is 1. The van der Waals surface area contributed by atoms with E-state index >= 15 is 0 Å². The van der Waals surface area contributed by atoms with Gasteiger partial charge in [0, 0.05) is 12.1 Å². The molecule has 0 spiro atoms. The van der Waals surface area contributed by atoms with Crippen LogP contribution in [-0.2, 0) is 17.9 Å². The maximum atomic E-state index is 12.0. The van der Waals surface area contributed by atoms with Crippen molar-refractivity contribution in [1.82, 2.24) is 19.9 Å². The number of amides is 1. The Labute approximate surface area is 145 Å². The second kappa shape index (κ2) is 6.55. The summed E-state index contributed by atoms with van der Waals surface area (Å²) >= 11 is 0. The molecule has 6 heteroatoms. The van der Waals surface area contributed by atoms with Crippen LogP contribution in [0.5, 0.6) is 5.75 Å². The molecule has 0 radical (unpaired) electrons. The molecular weight excluding hydrogens is 316 g/mol. The van der Waals surface area contributed by atoms with Gasteiger partial charge in [-0.05, 0) is 42.7 Å². The highest BCUT2D eigenvalue weighted by Crippen LogP contribution is 2.29. The maximum Gasteiger partial charge on any atom is 0.223 e. The summed E-state index contributed by atoms with van der Waals surface area (Å²) in [7, 11) is 1.66. The van der Waals surface area contributed by atoms with Gasteiger partial charge in [0.2, 0.25) is 5.91 Å². The largest absolute Gasteiger partial charge is 0.497 e. The van der Waals surface area contributed by atoms with Crippen molar-refractivity contribution in [2.75, 3.05) is 7.11 Å². The molecule has 1 amide bonds. The van der Waals surface area contributed by atoms with Gasteiger partial charge in [0.15, 0.2) is 5.65 Å². The van der Waals surface area contributed by atoms with Gasteiger partial charge in [-0.15, -0.1) is 0 Å². The Kier molecular flexibility index (Phi) is 4.09. The number of rotatable bonds is 6. The van der Waals surface area contributed by atoms with Crippen molar-refractivity contribution in [3.8, 4) is 5.75 Å². The fraction of sp³-hybridized carbons (Fsp3) is 0.316. The first-order valence-corrected chi connectivity index (χ1v) is 8.45. The minimum atomic E-state index is 0.118. The predicted octanol–water partition coefficient (Wildman–Crippen LogP) is 2.51. The summed E-state index contributed by atoms with van der Waals surface area (Å²) in [6, 6.07) is 11.7. The molecule has 1 N–H and O–H groups in total. The van der Waals surface area contributed by atoms with Crippen LogP contribution in [0.4, 0.5) is 0 Å². The number of nitrogens with one attached hydrogen (secondary N) is 1. The van der Waals surface area contributed by atoms with Crippen LogP contribution in [0, 0.1) is 5.92 Å². The molecule has 0 aliphatic heterocycles. The lowest BCUT2D eigenvalue weighted by atomic mass is 10.2. The molecule has 6 nitrogen and oxygen atoms in total. The van der Waals surface area contributed by atoms with Crippen LogP contribution < -0.4 is 10.1 Å². The number of carbonyl (C=O) groups excluding carboxylic acids is 1. The summed E-state index contributed by atoms with van der Waals surface area (Å²) in [6.45, 7) is 1.04. The highest BCUT2D eigenvalue weighted by Gasteiger charge is 2.29. The molecule has 0 bridgehead atoms. The Morgan fingerprint density at radius 1 is 1.32 bits per heavy atom. The molecule has 128 valence electrons. The number of nitrogens with zero attached hydrogens (tertiary/aromatic N) is 3. The molecule has 1 aliphatic carbocycles. The number of aromatic nitrogens is 3. The molecule has 4 rings (SSSR count). The average molecular weight is 336 g/mol. The first kappa shape index (κ1) is 15.6. The van der Waals surface area contributed by atoms with Gasteiger partial charge in [0.25, 0.3) is 0 Å². The predicted molar refractivity (Wildman–Crippen MR) is 94.2 cm³/mol. The molecule has 1 aliphatic rings. The van der Waals surface area contributed by atoms with E-state index in [0.29, 0.717) is 13.1 Å². The zero-order valence-electron chi connectivity index (χ0n) is 14.1. The van der Waals surface area contributed by atoms with Gasteiger partial charge in [-0.2, -0.15) is 0 Å². The lowest BCUT2D eigenvalue weighted by Crippen LogP contribution is -2.26. The third-order valence-electron chi connectivity index (χ3n) is 4.43. The normalized spacial score (nSPS) is 13.8. The Hall–Kier alpha value is -2.89. The smallest absolute Gasteiger partial charge is 0.223 e. The third-order valence-corrected chi connectivity index (χ3v) is 4.43. The van der Waals surface area contributed by atoms with Crippen molar-refractivity contribution in [1.29, 1.82) is 0 Å². The fourth-order valence-electron chi connectivity index (χ4n) is 2.92. The van der Waals surface area contributed by atoms with Gasteiger partial charge in [0.1, 0.15) is 17.1 Å². The van der Waals surface area contributed by atoms with Gasteiger partial charge in [0.05, 0.1) is 20.2 Å². The summed E-state index contributed by atoms with van der Waals surface area (Å²) in [6.07, 6.45) is 3.75. The van der Waals surface area contributed by atoms with Gasteiger partial charge in [-0.25, -0.2) is 9.97 Å². The van der Waals surface area contributed by atoms with Crippen molar-refractivity contribution >= 4 is 17.1 Å². The van der Waals surface area contributed by atoms with Gasteiger partial charge < -0.3 is 14.6 Å². The van der Waals surface area contributed by atoms with Crippen LogP contribution in [-0.4, -0.2) is 27.6 Å². The zero-order chi connectivity index (χ0) is 17.2. The van der Waals surface area contributed by atoms with E-state index in [-0.39, 0.29) is 11.8 Å². The monoisotopic (exact) mass is 336 g/mol. The van der Waals surface area contributed by atoms with Crippen LogP contribution in [0.15, 0.2) is 42.6 Å². The molecule has 1 saturated carbocycles. The summed E-state index contributed by atoms with van der Waals surface area (Å²) < 4.78 is 7.36. The minimum absolute atomic E-state index is 0.118. The van der Waals surface area contributed by atoms with E-state index in [0.717, 1.165) is 41.1 Å². The average Bonchev–Trinajstić information content (AvgIpc) is 3.44. The lowest BCUT2D eigenvalue weighted by Gasteiger charge is -2.10. The Morgan fingerprint density at radius 2 is 2.20 bits per heavy atom. The molecule has 0 atom stereocenters. The summed E-state index contributed by atoms with van der Waals surface area (Å²) in [4.78, 5) is 21.1. The summed E-state index contributed by atoms with van der Waals surface area (Å²) in [5.41, 5.74) is 2.75. The molecule has 0 saturated heterocycles. The third kappa shape index (κ3) is 3.33. The van der Waals surface area contributed by atoms with E-state index in [4.69, 9.17) is 4.74 Å². The highest BCUT2D eigenvalue weighted by molar-refractivity contribution is 5.80. The molecule has 2 heterocycles. The number of carbonyl (C=O) groups is 1. The van der Waals surface area contributed by atoms with E-state index in [1.807, 2.05) is 36.4 Å². The Morgan fingerprint density at radius 3 is 3.00 bits per heavy atom. The number of hydrogen-bond acceptors (Lipinski definition) is 4. The van der Waals surface area contributed by atoms with Crippen LogP contribution in [0.2, 0.25) is 0 Å². The standard InChI is InChI=1S/C19H20N4O2/c1-25-15-5-2-4-13(10-15)12-23-17(11-21-19(24)14-7-8-14)22-16-6-3-9-20-18(16)23/h2-6,9-10,14H,7-8,11-12H2,1H3,(H,21,24). The molecule has 1 fully saturated rings. The Balaban J connectivity index is 1.64. The summed E-state index contributed by atoms with van der Waals surface area (Å²) in [5.74, 6) is 1.94. The Bertz CT molecular complexity index is 915. The number of ether oxygens (including phenoxy) is 1. The minimum Gasteiger partial charge on any atom is -0.497 e. The molecule has 1 aromatic carbocycles. The quantitative estimate of drug-likeness (QED) is 0.751. The number of imidazole rings is 1. The second-order valence-corrected chi connectivity index (χ2v) is 6.30. The molecule has 2 aromatic heterocycles. The molecule has 3 aromatic rings. The molecule has 25 heavy (non-hydrogen) atoms. The number of methoxy groups -OCH3 is 1. The van der Waals surface area contributed by atoms with Crippen molar-refractivity contribution < 1.29 is 9.53 Å². The van der Waals surface area contributed by atoms with E-state index < -0.39 is 0 Å². The fourth-order valence-corrected chi connectivity index (χ4v) is 2.92. The van der Waals surface area contributed by atoms with Crippen LogP contribution in [0.1, 0.15) is 24.2 Å². The first-order chi connectivity index (χ1) is 12.2. The van der Waals surface area contributed by atoms with Crippen molar-refractivity contribution in [2.24, 2.45) is 5.92 Å². The second-order valence-electron chi connectivity index (χ2n) is 6.30. The van der Waals surface area contributed by atoms with E-state index in [2.05, 4.69) is 19.9 Å². The lowest BCUT2D eigenvalue weighted by molar-refractivity contribution is -0.122. The first-order valence-electron chi connectivity index (χ1n) is 8.45. The highest BCUT2D eigenvalue weighted by atomic mass is 16.5. The van der Waals surface area contributed by atoms with E-state index in [9.17, 15) is 4.79 Å². The topological polar surface area (TPSA) is 69.0 Å². The van der Waals surface area contributed by atoms with E-state index in [1.165, 1.54) is 0 Å². The van der Waals surface area contributed by atoms with Crippen molar-refractivity contribution in [3.05, 3.63) is 54.0 Å². The number of pyridine rings is 1. The number of hydrogen-bond donors (Lipinski definition) is 1. The van der Waals surface area contributed by atoms with Crippen LogP contribution >= 0.6 is 0 Å². The van der Waals surface area contributed by atoms with Gasteiger partial charge in [-0.1, -0.05) is 12.1 Å². The zero-order valence-corrected chi connectivity index (χ0v) is 14.1. The van der Waals surface area contributed by atoms with Gasteiger partial charge in [-0.3, -0.25) is 4.79 Å². The van der Waals surface area contributed by atoms with Gasteiger partial charge >= 0.3 is 0 Å². The number of fused-ring (bicyclic) bond motifs is 1.